The summed E-state index contributed by atoms with van der Waals surface area (Å²) in [6, 6.07) is 10.6. The second-order valence-corrected chi connectivity index (χ2v) is 15.6. The third-order valence-electron chi connectivity index (χ3n) is 11.5. The number of carbonyl (C=O) groups is 3. The summed E-state index contributed by atoms with van der Waals surface area (Å²) in [6.45, 7) is 4.72. The number of likely N-dealkylation sites (tertiary alicyclic amines) is 1. The minimum absolute atomic E-state index is 0.0466. The maximum atomic E-state index is 13.3. The van der Waals surface area contributed by atoms with Gasteiger partial charge in [0.1, 0.15) is 11.5 Å². The minimum Gasteiger partial charge on any atom is -0.393 e. The van der Waals surface area contributed by atoms with Gasteiger partial charge in [-0.25, -0.2) is 0 Å². The Morgan fingerprint density at radius 2 is 1.77 bits per heavy atom. The topological polar surface area (TPSA) is 200 Å². The van der Waals surface area contributed by atoms with E-state index in [9.17, 15) is 19.6 Å². The van der Waals surface area contributed by atoms with Gasteiger partial charge in [0, 0.05) is 84.6 Å². The van der Waals surface area contributed by atoms with Gasteiger partial charge in [-0.2, -0.15) is 5.10 Å². The third kappa shape index (κ3) is 7.31. The van der Waals surface area contributed by atoms with Crippen LogP contribution in [0.1, 0.15) is 73.0 Å². The van der Waals surface area contributed by atoms with Crippen molar-refractivity contribution in [2.75, 3.05) is 56.7 Å². The van der Waals surface area contributed by atoms with Crippen LogP contribution in [0.4, 0.5) is 11.4 Å². The van der Waals surface area contributed by atoms with Crippen molar-refractivity contribution >= 4 is 44.8 Å². The molecule has 2 saturated heterocycles. The van der Waals surface area contributed by atoms with Crippen molar-refractivity contribution in [2.24, 2.45) is 17.4 Å². The fourth-order valence-electron chi connectivity index (χ4n) is 7.94. The maximum Gasteiger partial charge on any atom is 0.323 e. The lowest BCUT2D eigenvalue weighted by Gasteiger charge is -2.49. The molecule has 3 aliphatic heterocycles. The van der Waals surface area contributed by atoms with E-state index in [2.05, 4.69) is 27.8 Å². The Balaban J connectivity index is 1.05. The van der Waals surface area contributed by atoms with Crippen molar-refractivity contribution in [1.29, 1.82) is 0 Å². The van der Waals surface area contributed by atoms with Gasteiger partial charge in [-0.1, -0.05) is 19.1 Å². The molecule has 0 spiro atoms. The van der Waals surface area contributed by atoms with Gasteiger partial charge in [-0.15, -0.1) is 0 Å². The number of fused-ring (bicyclic) bond motifs is 3. The van der Waals surface area contributed by atoms with Crippen LogP contribution in [-0.4, -0.2) is 111 Å². The van der Waals surface area contributed by atoms with Gasteiger partial charge in [-0.3, -0.25) is 24.3 Å². The molecule has 8 rings (SSSR count). The highest BCUT2D eigenvalue weighted by atomic mass is 16.5. The quantitative estimate of drug-likeness (QED) is 0.0497. The molecule has 4 radical (unpaired) electrons. The number of nitrogens with zero attached hydrogens (tertiary/aromatic N) is 6. The number of carbonyl (C=O) groups excluding carboxylic acids is 3. The number of benzene rings is 1. The number of nitrogens with two attached hydrogens (primary N) is 2. The van der Waals surface area contributed by atoms with Gasteiger partial charge in [0.05, 0.1) is 70.0 Å². The van der Waals surface area contributed by atoms with Crippen LogP contribution in [0.25, 0.3) is 11.1 Å². The zero-order valence-electron chi connectivity index (χ0n) is 32.3. The summed E-state index contributed by atoms with van der Waals surface area (Å²) in [5, 5.41) is 23.6. The van der Waals surface area contributed by atoms with Gasteiger partial charge in [-0.05, 0) is 44.2 Å². The smallest absolute Gasteiger partial charge is 0.323 e. The molecule has 8 N–H and O–H groups in total. The van der Waals surface area contributed by atoms with Gasteiger partial charge in [0.25, 0.3) is 5.91 Å². The molecule has 2 aliphatic carbocycles. The Kier molecular flexibility index (Phi) is 10.2. The van der Waals surface area contributed by atoms with E-state index in [-0.39, 0.29) is 64.5 Å². The normalized spacial score (nSPS) is 20.5. The van der Waals surface area contributed by atoms with Gasteiger partial charge in [0.15, 0.2) is 0 Å². The molecule has 2 aromatic heterocycles. The molecule has 2 saturated carbocycles. The number of anilines is 2. The molecular formula is C39H48B2N11O5+. The molecule has 1 atom stereocenters. The molecule has 5 heterocycles. The number of allylic oxidation sites excluding steroid dienone is 1. The average molecular weight is 773 g/mol. The standard InChI is InChI=1S/C39H47B2N11O5/c1-3-29-35-26(19-44-51(35)24-20-50(21-24)39(40,41)31-9-5-8-30(52(31)56)38(55)49-14-16-57-17-15-49)25-6-4-7-27(34(25)48(29)2)46-28(33(43)37(54)45-23-12-13-23)18-32(42)47-36(53)22-10-11-22/h4-9,18-19,22-24,29,43,56H,3,10-17,20-21H2,1-2H3,(H5,42,45,46,47,53,54,55)/p+1. The van der Waals surface area contributed by atoms with E-state index in [1.807, 2.05) is 41.0 Å². The molecule has 18 heteroatoms. The van der Waals surface area contributed by atoms with Crippen LogP contribution in [0, 0.1) is 5.92 Å². The molecule has 5 aliphatic rings. The van der Waals surface area contributed by atoms with Crippen LogP contribution in [0.15, 0.2) is 65.9 Å². The molecular weight excluding hydrogens is 724 g/mol. The molecule has 1 unspecified atom stereocenters. The highest BCUT2D eigenvalue weighted by Gasteiger charge is 2.46. The van der Waals surface area contributed by atoms with Crippen molar-refractivity contribution in [3.05, 3.63) is 83.0 Å². The minimum atomic E-state index is -1.59. The number of hydrogen-bond acceptors (Lipinski definition) is 11. The predicted octanol–water partition coefficient (Wildman–Crippen LogP) is 0.640. The van der Waals surface area contributed by atoms with Crippen molar-refractivity contribution in [1.82, 2.24) is 30.2 Å². The summed E-state index contributed by atoms with van der Waals surface area (Å²) in [7, 11) is 15.5. The first-order valence-electron chi connectivity index (χ1n) is 19.6. The Hall–Kier alpha value is -5.48. The first-order valence-corrected chi connectivity index (χ1v) is 19.6. The molecule has 3 amide bonds. The van der Waals surface area contributed by atoms with E-state index >= 15 is 0 Å². The molecule has 0 bridgehead atoms. The Morgan fingerprint density at radius 3 is 2.46 bits per heavy atom. The number of amides is 3. The van der Waals surface area contributed by atoms with Crippen molar-refractivity contribution in [2.45, 2.75) is 62.5 Å². The SMILES string of the molecule is [B]C([B])(c1cccc(C(=O)N2CCOCC2)[n+]1O)N1CC(n2ncc3c2C(CC)N(C)c2c(NC(/C=C(\N)NC(=O)C4CC4)=C(/N)C(=O)NC4CC4)cccc2-3)C1. The van der Waals surface area contributed by atoms with Crippen LogP contribution in [-0.2, 0) is 19.7 Å². The highest BCUT2D eigenvalue weighted by Crippen LogP contribution is 2.50. The number of hydrogen-bond donors (Lipinski definition) is 6. The number of para-hydroxylation sites is 1. The monoisotopic (exact) mass is 772 g/mol. The largest absolute Gasteiger partial charge is 0.393 e. The van der Waals surface area contributed by atoms with Crippen LogP contribution < -0.4 is 37.0 Å². The summed E-state index contributed by atoms with van der Waals surface area (Å²) in [4.78, 5) is 44.6. The summed E-state index contributed by atoms with van der Waals surface area (Å²) in [6.07, 6.45) is 7.56. The third-order valence-corrected chi connectivity index (χ3v) is 11.5. The lowest BCUT2D eigenvalue weighted by Crippen LogP contribution is -2.64. The second-order valence-electron chi connectivity index (χ2n) is 15.6. The van der Waals surface area contributed by atoms with E-state index in [1.54, 1.807) is 23.1 Å². The molecule has 4 fully saturated rings. The van der Waals surface area contributed by atoms with Crippen LogP contribution in [0.2, 0.25) is 0 Å². The zero-order chi connectivity index (χ0) is 40.2. The zero-order valence-corrected chi connectivity index (χ0v) is 32.3. The summed E-state index contributed by atoms with van der Waals surface area (Å²) in [5.41, 5.74) is 17.7. The lowest BCUT2D eigenvalue weighted by molar-refractivity contribution is -0.912. The summed E-state index contributed by atoms with van der Waals surface area (Å²) in [5.74, 6) is -0.869. The first-order chi connectivity index (χ1) is 27.4. The van der Waals surface area contributed by atoms with E-state index in [0.29, 0.717) is 45.1 Å². The Bertz CT molecular complexity index is 2150. The molecule has 57 heavy (non-hydrogen) atoms. The summed E-state index contributed by atoms with van der Waals surface area (Å²) >= 11 is 0. The number of pyridine rings is 1. The van der Waals surface area contributed by atoms with Crippen LogP contribution in [0.3, 0.4) is 0 Å². The van der Waals surface area contributed by atoms with Crippen molar-refractivity contribution in [3.8, 4) is 11.1 Å². The van der Waals surface area contributed by atoms with E-state index < -0.39 is 11.2 Å². The van der Waals surface area contributed by atoms with E-state index in [1.165, 1.54) is 6.08 Å². The van der Waals surface area contributed by atoms with Gasteiger partial charge < -0.3 is 46.9 Å². The Morgan fingerprint density at radius 1 is 1.05 bits per heavy atom. The average Bonchev–Trinajstić information content (AvgIpc) is 4.13. The van der Waals surface area contributed by atoms with Gasteiger partial charge in [0.2, 0.25) is 11.6 Å². The fourth-order valence-corrected chi connectivity index (χ4v) is 7.94. The van der Waals surface area contributed by atoms with E-state index in [4.69, 9.17) is 37.0 Å². The predicted molar refractivity (Wildman–Crippen MR) is 213 cm³/mol. The van der Waals surface area contributed by atoms with Crippen LogP contribution in [0.5, 0.6) is 0 Å². The summed E-state index contributed by atoms with van der Waals surface area (Å²) < 4.78 is 8.22. The number of ether oxygens (including phenoxy) is 1. The number of nitrogens with one attached hydrogen (secondary N) is 3. The number of aromatic nitrogens is 3. The van der Waals surface area contributed by atoms with Crippen molar-refractivity contribution < 1.29 is 29.1 Å². The van der Waals surface area contributed by atoms with Crippen molar-refractivity contribution in [3.63, 3.8) is 0 Å². The molecule has 3 aromatic rings. The lowest BCUT2D eigenvalue weighted by atomic mass is 9.57. The van der Waals surface area contributed by atoms with Crippen LogP contribution >= 0.6 is 0 Å². The first kappa shape index (κ1) is 38.4. The Labute approximate surface area is 334 Å². The maximum absolute atomic E-state index is 13.3. The van der Waals surface area contributed by atoms with Gasteiger partial charge >= 0.3 is 11.6 Å². The highest BCUT2D eigenvalue weighted by molar-refractivity contribution is 6.39. The molecule has 16 nitrogen and oxygen atoms in total. The molecule has 294 valence electrons. The second kappa shape index (κ2) is 15.1. The molecule has 1 aromatic carbocycles. The number of rotatable bonds is 12. The van der Waals surface area contributed by atoms with E-state index in [0.717, 1.165) is 59.3 Å². The fraction of sp³-hybridized carbons (Fsp3) is 0.462. The number of morpholine rings is 1.